The van der Waals surface area contributed by atoms with E-state index in [-0.39, 0.29) is 5.41 Å². The zero-order valence-corrected chi connectivity index (χ0v) is 11.5. The number of rotatable bonds is 2. The fourth-order valence-electron chi connectivity index (χ4n) is 2.79. The Labute approximate surface area is 106 Å². The minimum atomic E-state index is -0.507. The lowest BCUT2D eigenvalue weighted by molar-refractivity contribution is 0.0377. The van der Waals surface area contributed by atoms with Gasteiger partial charge in [-0.15, -0.1) is 0 Å². The molecule has 0 amide bonds. The molecule has 1 atom stereocenters. The van der Waals surface area contributed by atoms with Gasteiger partial charge in [0.25, 0.3) is 0 Å². The number of hydrogen-bond donors (Lipinski definition) is 1. The van der Waals surface area contributed by atoms with Gasteiger partial charge >= 0.3 is 0 Å². The second-order valence-corrected chi connectivity index (χ2v) is 6.69. The Kier molecular flexibility index (Phi) is 3.15. The maximum Gasteiger partial charge on any atom is 0.0693 e. The Morgan fingerprint density at radius 1 is 1.25 bits per heavy atom. The van der Waals surface area contributed by atoms with Crippen LogP contribution >= 0.6 is 15.9 Å². The quantitative estimate of drug-likeness (QED) is 0.871. The molecule has 1 aromatic carbocycles. The van der Waals surface area contributed by atoms with Crippen LogP contribution in [0.3, 0.4) is 0 Å². The monoisotopic (exact) mass is 282 g/mol. The first-order chi connectivity index (χ1) is 7.40. The third-order valence-electron chi connectivity index (χ3n) is 3.55. The van der Waals surface area contributed by atoms with E-state index in [9.17, 15) is 5.11 Å². The molecule has 0 aromatic heterocycles. The molecular formula is C14H19BrO. The first-order valence-electron chi connectivity index (χ1n) is 5.86. The predicted octanol–water partition coefficient (Wildman–Crippen LogP) is 3.93. The van der Waals surface area contributed by atoms with Gasteiger partial charge in [0.05, 0.1) is 5.60 Å². The number of benzene rings is 1. The summed E-state index contributed by atoms with van der Waals surface area (Å²) in [6.45, 7) is 4.48. The van der Waals surface area contributed by atoms with Crippen molar-refractivity contribution in [2.75, 3.05) is 0 Å². The van der Waals surface area contributed by atoms with Gasteiger partial charge in [0, 0.05) is 10.9 Å². The first-order valence-corrected chi connectivity index (χ1v) is 6.65. The third kappa shape index (κ3) is 2.67. The molecule has 1 aliphatic rings. The minimum absolute atomic E-state index is 0.288. The highest BCUT2D eigenvalue weighted by atomic mass is 79.9. The average molecular weight is 283 g/mol. The van der Waals surface area contributed by atoms with Gasteiger partial charge in [0.2, 0.25) is 0 Å². The Bertz CT molecular complexity index is 386. The summed E-state index contributed by atoms with van der Waals surface area (Å²) in [6.07, 6.45) is 3.70. The zero-order chi connectivity index (χ0) is 11.8. The van der Waals surface area contributed by atoms with E-state index in [1.54, 1.807) is 0 Å². The first kappa shape index (κ1) is 12.1. The van der Waals surface area contributed by atoms with Crippen molar-refractivity contribution < 1.29 is 5.11 Å². The van der Waals surface area contributed by atoms with Crippen molar-refractivity contribution in [2.24, 2.45) is 5.41 Å². The van der Waals surface area contributed by atoms with Gasteiger partial charge in [-0.3, -0.25) is 0 Å². The molecule has 1 saturated carbocycles. The van der Waals surface area contributed by atoms with Crippen LogP contribution in [0, 0.1) is 5.41 Å². The molecule has 0 spiro atoms. The van der Waals surface area contributed by atoms with E-state index in [1.807, 2.05) is 18.2 Å². The Hall–Kier alpha value is -0.340. The van der Waals surface area contributed by atoms with E-state index in [4.69, 9.17) is 0 Å². The van der Waals surface area contributed by atoms with Crippen LogP contribution in [-0.2, 0) is 6.42 Å². The van der Waals surface area contributed by atoms with E-state index >= 15 is 0 Å². The molecule has 2 heteroatoms. The average Bonchev–Trinajstić information content (AvgIpc) is 2.45. The van der Waals surface area contributed by atoms with E-state index in [1.165, 1.54) is 5.56 Å². The molecule has 1 nitrogen and oxygen atoms in total. The lowest BCUT2D eigenvalue weighted by atomic mass is 9.86. The molecule has 0 saturated heterocycles. The highest BCUT2D eigenvalue weighted by Crippen LogP contribution is 2.45. The lowest BCUT2D eigenvalue weighted by Gasteiger charge is -2.25. The van der Waals surface area contributed by atoms with Gasteiger partial charge in [-0.05, 0) is 36.3 Å². The van der Waals surface area contributed by atoms with Crippen molar-refractivity contribution in [3.8, 4) is 0 Å². The van der Waals surface area contributed by atoms with Crippen molar-refractivity contribution in [2.45, 2.75) is 45.1 Å². The molecule has 16 heavy (non-hydrogen) atoms. The molecule has 1 N–H and O–H groups in total. The van der Waals surface area contributed by atoms with Crippen molar-refractivity contribution >= 4 is 15.9 Å². The SMILES string of the molecule is CC1(C)CCC(O)(Cc2ccccc2Br)C1. The highest BCUT2D eigenvalue weighted by Gasteiger charge is 2.41. The molecule has 1 aliphatic carbocycles. The van der Waals surface area contributed by atoms with Crippen molar-refractivity contribution in [1.29, 1.82) is 0 Å². The van der Waals surface area contributed by atoms with Crippen LogP contribution in [0.5, 0.6) is 0 Å². The van der Waals surface area contributed by atoms with Gasteiger partial charge in [-0.25, -0.2) is 0 Å². The Morgan fingerprint density at radius 2 is 1.94 bits per heavy atom. The van der Waals surface area contributed by atoms with Gasteiger partial charge in [0.1, 0.15) is 0 Å². The summed E-state index contributed by atoms with van der Waals surface area (Å²) in [5.74, 6) is 0. The van der Waals surface area contributed by atoms with Crippen molar-refractivity contribution in [3.63, 3.8) is 0 Å². The molecule has 0 bridgehead atoms. The number of halogens is 1. The molecule has 1 aromatic rings. The standard InChI is InChI=1S/C14H19BrO/c1-13(2)7-8-14(16,10-13)9-11-5-3-4-6-12(11)15/h3-6,16H,7-10H2,1-2H3. The summed E-state index contributed by atoms with van der Waals surface area (Å²) in [5.41, 5.74) is 0.992. The Morgan fingerprint density at radius 3 is 2.50 bits per heavy atom. The highest BCUT2D eigenvalue weighted by molar-refractivity contribution is 9.10. The molecule has 0 radical (unpaired) electrons. The van der Waals surface area contributed by atoms with Crippen LogP contribution < -0.4 is 0 Å². The van der Waals surface area contributed by atoms with E-state index in [2.05, 4.69) is 35.8 Å². The zero-order valence-electron chi connectivity index (χ0n) is 9.96. The summed E-state index contributed by atoms with van der Waals surface area (Å²) >= 11 is 3.55. The van der Waals surface area contributed by atoms with Gasteiger partial charge in [0.15, 0.2) is 0 Å². The summed E-state index contributed by atoms with van der Waals surface area (Å²) in [6, 6.07) is 8.17. The molecule has 0 heterocycles. The lowest BCUT2D eigenvalue weighted by Crippen LogP contribution is -2.29. The largest absolute Gasteiger partial charge is 0.390 e. The molecule has 1 unspecified atom stereocenters. The second kappa shape index (κ2) is 4.15. The van der Waals surface area contributed by atoms with Crippen LogP contribution in [0.15, 0.2) is 28.7 Å². The van der Waals surface area contributed by atoms with Gasteiger partial charge in [-0.2, -0.15) is 0 Å². The molecule has 88 valence electrons. The van der Waals surface area contributed by atoms with E-state index < -0.39 is 5.60 Å². The smallest absolute Gasteiger partial charge is 0.0693 e. The maximum absolute atomic E-state index is 10.6. The Balaban J connectivity index is 2.14. The second-order valence-electron chi connectivity index (χ2n) is 5.83. The van der Waals surface area contributed by atoms with Crippen LogP contribution in [0.25, 0.3) is 0 Å². The maximum atomic E-state index is 10.6. The van der Waals surface area contributed by atoms with Crippen LogP contribution in [0.2, 0.25) is 0 Å². The minimum Gasteiger partial charge on any atom is -0.390 e. The van der Waals surface area contributed by atoms with Crippen LogP contribution in [0.1, 0.15) is 38.7 Å². The van der Waals surface area contributed by atoms with Gasteiger partial charge < -0.3 is 5.11 Å². The summed E-state index contributed by atoms with van der Waals surface area (Å²) in [5, 5.41) is 10.6. The topological polar surface area (TPSA) is 20.2 Å². The van der Waals surface area contributed by atoms with Crippen molar-refractivity contribution in [3.05, 3.63) is 34.3 Å². The van der Waals surface area contributed by atoms with Gasteiger partial charge in [-0.1, -0.05) is 48.0 Å². The third-order valence-corrected chi connectivity index (χ3v) is 4.33. The molecule has 2 rings (SSSR count). The van der Waals surface area contributed by atoms with Crippen LogP contribution in [-0.4, -0.2) is 10.7 Å². The summed E-state index contributed by atoms with van der Waals surface area (Å²) in [4.78, 5) is 0. The fourth-order valence-corrected chi connectivity index (χ4v) is 3.21. The fraction of sp³-hybridized carbons (Fsp3) is 0.571. The number of hydrogen-bond acceptors (Lipinski definition) is 1. The van der Waals surface area contributed by atoms with E-state index in [0.29, 0.717) is 0 Å². The molecular weight excluding hydrogens is 264 g/mol. The van der Waals surface area contributed by atoms with E-state index in [0.717, 1.165) is 30.2 Å². The molecule has 1 fully saturated rings. The van der Waals surface area contributed by atoms with Crippen molar-refractivity contribution in [1.82, 2.24) is 0 Å². The summed E-state index contributed by atoms with van der Waals surface area (Å²) in [7, 11) is 0. The number of aliphatic hydroxyl groups is 1. The molecule has 0 aliphatic heterocycles. The summed E-state index contributed by atoms with van der Waals surface area (Å²) < 4.78 is 1.10. The normalized spacial score (nSPS) is 28.2. The van der Waals surface area contributed by atoms with Crippen LogP contribution in [0.4, 0.5) is 0 Å². The predicted molar refractivity (Wildman–Crippen MR) is 70.4 cm³/mol.